The Morgan fingerprint density at radius 2 is 1.94 bits per heavy atom. The van der Waals surface area contributed by atoms with Crippen molar-refractivity contribution in [2.45, 2.75) is 44.8 Å². The molecule has 1 amide bonds. The molecule has 5 heteroatoms. The summed E-state index contributed by atoms with van der Waals surface area (Å²) < 4.78 is 12.7. The smallest absolute Gasteiger partial charge is 0.297 e. The molecule has 3 nitrogen and oxygen atoms in total. The van der Waals surface area contributed by atoms with E-state index in [2.05, 4.69) is 0 Å². The van der Waals surface area contributed by atoms with Crippen LogP contribution in [0.5, 0.6) is 0 Å². The zero-order valence-electron chi connectivity index (χ0n) is 10.2. The molecular weight excluding hydrogens is 229 g/mol. The number of hydrogen-bond donors (Lipinski definition) is 0. The fourth-order valence-corrected chi connectivity index (χ4v) is 3.51. The highest BCUT2D eigenvalue weighted by molar-refractivity contribution is 7.99. The van der Waals surface area contributed by atoms with E-state index in [0.29, 0.717) is 6.42 Å². The van der Waals surface area contributed by atoms with Gasteiger partial charge < -0.3 is 0 Å². The fourth-order valence-electron chi connectivity index (χ4n) is 2.24. The molecule has 1 saturated carbocycles. The second-order valence-corrected chi connectivity index (χ2v) is 6.77. The van der Waals surface area contributed by atoms with Crippen LogP contribution in [0.2, 0.25) is 0 Å². The molecule has 1 unspecified atom stereocenters. The molecule has 0 radical (unpaired) electrons. The summed E-state index contributed by atoms with van der Waals surface area (Å²) in [5.74, 6) is 0.101. The van der Waals surface area contributed by atoms with Crippen molar-refractivity contribution >= 4 is 23.9 Å². The van der Waals surface area contributed by atoms with Gasteiger partial charge in [-0.3, -0.25) is 9.10 Å². The topological polar surface area (TPSA) is 37.4 Å². The number of nitrogens with zero attached hydrogens (tertiary/aromatic N) is 1. The first-order valence-corrected chi connectivity index (χ1v) is 6.14. The minimum atomic E-state index is -1.51. The molecule has 0 saturated heterocycles. The molecule has 0 aromatic rings. The van der Waals surface area contributed by atoms with Gasteiger partial charge in [0.05, 0.1) is 4.75 Å². The van der Waals surface area contributed by atoms with Crippen LogP contribution >= 0.6 is 11.9 Å². The molecular formula is C11H18FNO2S. The third-order valence-corrected chi connectivity index (χ3v) is 4.35. The summed E-state index contributed by atoms with van der Waals surface area (Å²) in [6.07, 6.45) is 0.964. The Hall–Kier alpha value is -0.580. The Labute approximate surface area is 99.9 Å². The van der Waals surface area contributed by atoms with Gasteiger partial charge in [-0.25, -0.2) is 4.79 Å². The summed E-state index contributed by atoms with van der Waals surface area (Å²) in [6, 6.07) is 0. The van der Waals surface area contributed by atoms with Crippen LogP contribution in [0.4, 0.5) is 9.18 Å². The quantitative estimate of drug-likeness (QED) is 0.427. The van der Waals surface area contributed by atoms with Crippen molar-refractivity contribution in [3.05, 3.63) is 0 Å². The summed E-state index contributed by atoms with van der Waals surface area (Å²) in [5.41, 5.74) is -0.375. The van der Waals surface area contributed by atoms with Gasteiger partial charge in [-0.05, 0) is 31.7 Å². The van der Waals surface area contributed by atoms with Crippen LogP contribution in [-0.2, 0) is 4.79 Å². The number of rotatable bonds is 2. The van der Waals surface area contributed by atoms with Crippen LogP contribution in [0.1, 0.15) is 40.0 Å². The Bertz CT molecular complexity index is 319. The van der Waals surface area contributed by atoms with Crippen LogP contribution in [0.15, 0.2) is 0 Å². The van der Waals surface area contributed by atoms with Gasteiger partial charge >= 0.3 is 6.16 Å². The van der Waals surface area contributed by atoms with E-state index in [0.717, 1.165) is 29.1 Å². The largest absolute Gasteiger partial charge is 0.409 e. The number of Topliss-reactive ketones (excluding diaryl/α,β-unsaturated/α-hetero) is 1. The van der Waals surface area contributed by atoms with Crippen molar-refractivity contribution in [3.8, 4) is 0 Å². The molecule has 1 aliphatic carbocycles. The monoisotopic (exact) mass is 247 g/mol. The van der Waals surface area contributed by atoms with Crippen LogP contribution in [0.25, 0.3) is 0 Å². The molecule has 1 atom stereocenters. The third-order valence-electron chi connectivity index (χ3n) is 3.14. The number of carbonyl (C=O) groups excluding carboxylic acids is 2. The molecule has 0 heterocycles. The van der Waals surface area contributed by atoms with Gasteiger partial charge in [0, 0.05) is 12.5 Å². The van der Waals surface area contributed by atoms with Crippen molar-refractivity contribution in [1.82, 2.24) is 4.31 Å². The summed E-state index contributed by atoms with van der Waals surface area (Å²) in [6.45, 7) is 5.61. The number of carbonyl (C=O) groups is 2. The molecule has 0 aromatic heterocycles. The lowest BCUT2D eigenvalue weighted by atomic mass is 9.71. The molecule has 1 rings (SSSR count). The number of halogens is 1. The summed E-state index contributed by atoms with van der Waals surface area (Å²) in [4.78, 5) is 22.8. The molecule has 0 aromatic carbocycles. The van der Waals surface area contributed by atoms with Crippen LogP contribution in [0.3, 0.4) is 0 Å². The predicted octanol–water partition coefficient (Wildman–Crippen LogP) is 3.19. The van der Waals surface area contributed by atoms with Gasteiger partial charge in [-0.15, -0.1) is 4.39 Å². The molecule has 0 spiro atoms. The lowest BCUT2D eigenvalue weighted by Gasteiger charge is -2.41. The van der Waals surface area contributed by atoms with Gasteiger partial charge in [0.15, 0.2) is 5.78 Å². The van der Waals surface area contributed by atoms with E-state index in [1.54, 1.807) is 6.92 Å². The van der Waals surface area contributed by atoms with Crippen molar-refractivity contribution in [2.75, 3.05) is 7.05 Å². The lowest BCUT2D eigenvalue weighted by Crippen LogP contribution is -2.47. The zero-order valence-corrected chi connectivity index (χ0v) is 11.0. The molecule has 92 valence electrons. The van der Waals surface area contributed by atoms with Crippen molar-refractivity contribution in [2.24, 2.45) is 5.41 Å². The maximum Gasteiger partial charge on any atom is 0.409 e. The molecule has 0 bridgehead atoms. The number of hydrogen-bond acceptors (Lipinski definition) is 3. The predicted molar refractivity (Wildman–Crippen MR) is 62.9 cm³/mol. The minimum absolute atomic E-state index is 0.101. The summed E-state index contributed by atoms with van der Waals surface area (Å²) in [5, 5.41) is 0. The second-order valence-electron chi connectivity index (χ2n) is 5.14. The second kappa shape index (κ2) is 4.35. The van der Waals surface area contributed by atoms with E-state index in [-0.39, 0.29) is 11.2 Å². The first-order valence-electron chi connectivity index (χ1n) is 5.36. The Morgan fingerprint density at radius 3 is 2.44 bits per heavy atom. The highest BCUT2D eigenvalue weighted by atomic mass is 32.2. The van der Waals surface area contributed by atoms with Crippen LogP contribution in [0, 0.1) is 5.41 Å². The number of ketones is 1. The zero-order chi connectivity index (χ0) is 12.6. The Morgan fingerprint density at radius 1 is 1.38 bits per heavy atom. The molecule has 0 aliphatic heterocycles. The number of amides is 1. The lowest BCUT2D eigenvalue weighted by molar-refractivity contribution is -0.131. The van der Waals surface area contributed by atoms with E-state index < -0.39 is 10.9 Å². The van der Waals surface area contributed by atoms with Crippen molar-refractivity contribution in [3.63, 3.8) is 0 Å². The maximum absolute atomic E-state index is 12.5. The van der Waals surface area contributed by atoms with E-state index in [9.17, 15) is 14.0 Å². The summed E-state index contributed by atoms with van der Waals surface area (Å²) >= 11 is 1.00. The average Bonchev–Trinajstić information content (AvgIpc) is 2.14. The third kappa shape index (κ3) is 2.56. The first kappa shape index (κ1) is 13.5. The van der Waals surface area contributed by atoms with E-state index in [1.165, 1.54) is 7.05 Å². The molecule has 1 fully saturated rings. The van der Waals surface area contributed by atoms with Gasteiger partial charge in [-0.2, -0.15) is 0 Å². The fraction of sp³-hybridized carbons (Fsp3) is 0.818. The van der Waals surface area contributed by atoms with E-state index >= 15 is 0 Å². The van der Waals surface area contributed by atoms with Gasteiger partial charge in [0.2, 0.25) is 0 Å². The van der Waals surface area contributed by atoms with Crippen LogP contribution < -0.4 is 0 Å². The SMILES string of the molecule is CN(SC1(C)CCCC(C)(C)C1=O)C(=O)F. The maximum atomic E-state index is 12.5. The molecule has 16 heavy (non-hydrogen) atoms. The van der Waals surface area contributed by atoms with E-state index in [4.69, 9.17) is 0 Å². The molecule has 1 aliphatic rings. The average molecular weight is 247 g/mol. The van der Waals surface area contributed by atoms with Gasteiger partial charge in [0.25, 0.3) is 0 Å². The molecule has 0 N–H and O–H groups in total. The van der Waals surface area contributed by atoms with Gasteiger partial charge in [-0.1, -0.05) is 20.3 Å². The standard InChI is InChI=1S/C11H18FNO2S/c1-10(2)6-5-7-11(3,8(10)14)16-13(4)9(12)15/h5-7H2,1-4H3. The highest BCUT2D eigenvalue weighted by Gasteiger charge is 2.47. The first-order chi connectivity index (χ1) is 7.19. The Balaban J connectivity index is 2.83. The van der Waals surface area contributed by atoms with E-state index in [1.807, 2.05) is 13.8 Å². The van der Waals surface area contributed by atoms with Crippen molar-refractivity contribution in [1.29, 1.82) is 0 Å². The normalized spacial score (nSPS) is 28.9. The highest BCUT2D eigenvalue weighted by Crippen LogP contribution is 2.45. The van der Waals surface area contributed by atoms with Crippen LogP contribution in [-0.4, -0.2) is 28.0 Å². The minimum Gasteiger partial charge on any atom is -0.297 e. The van der Waals surface area contributed by atoms with Gasteiger partial charge in [0.1, 0.15) is 0 Å². The Kier molecular flexibility index (Phi) is 3.67. The summed E-state index contributed by atoms with van der Waals surface area (Å²) in [7, 11) is 1.35. The van der Waals surface area contributed by atoms with Crippen molar-refractivity contribution < 1.29 is 14.0 Å².